The lowest BCUT2D eigenvalue weighted by Crippen LogP contribution is -2.31. The molecule has 0 saturated carbocycles. The van der Waals surface area contributed by atoms with Crippen LogP contribution in [0, 0.1) is 0 Å². The molecule has 0 spiro atoms. The van der Waals surface area contributed by atoms with E-state index in [1.54, 1.807) is 17.1 Å². The summed E-state index contributed by atoms with van der Waals surface area (Å²) in [7, 11) is 0. The van der Waals surface area contributed by atoms with Crippen molar-refractivity contribution in [1.29, 1.82) is 0 Å². The zero-order valence-corrected chi connectivity index (χ0v) is 10.4. The van der Waals surface area contributed by atoms with Crippen LogP contribution < -0.4 is 0 Å². The summed E-state index contributed by atoms with van der Waals surface area (Å²) in [4.78, 5) is 13.9. The molecule has 0 saturated heterocycles. The first-order valence-corrected chi connectivity index (χ1v) is 5.83. The van der Waals surface area contributed by atoms with Crippen molar-refractivity contribution in [1.82, 2.24) is 4.90 Å². The predicted molar refractivity (Wildman–Crippen MR) is 72.1 cm³/mol. The molecule has 2 heteroatoms. The van der Waals surface area contributed by atoms with Gasteiger partial charge < -0.3 is 4.90 Å². The van der Waals surface area contributed by atoms with E-state index in [0.29, 0.717) is 18.7 Å². The summed E-state index contributed by atoms with van der Waals surface area (Å²) in [6.45, 7) is 10.5. The summed E-state index contributed by atoms with van der Waals surface area (Å²) in [6.07, 6.45) is 4.43. The van der Waals surface area contributed by atoms with Crippen LogP contribution in [0.15, 0.2) is 49.6 Å². The van der Waals surface area contributed by atoms with Gasteiger partial charge in [-0.05, 0) is 24.1 Å². The molecule has 0 radical (unpaired) electrons. The highest BCUT2D eigenvalue weighted by atomic mass is 16.2. The van der Waals surface area contributed by atoms with Crippen molar-refractivity contribution in [3.8, 4) is 0 Å². The number of rotatable bonds is 6. The van der Waals surface area contributed by atoms with E-state index in [4.69, 9.17) is 0 Å². The van der Waals surface area contributed by atoms with Crippen LogP contribution in [0.4, 0.5) is 0 Å². The molecule has 90 valence electrons. The van der Waals surface area contributed by atoms with E-state index in [-0.39, 0.29) is 5.91 Å². The fraction of sp³-hybridized carbons (Fsp3) is 0.267. The molecule has 0 bridgehead atoms. The van der Waals surface area contributed by atoms with E-state index in [0.717, 1.165) is 6.42 Å². The molecule has 1 amide bonds. The summed E-state index contributed by atoms with van der Waals surface area (Å²) in [5.74, 6) is 0.0208. The first-order chi connectivity index (χ1) is 8.22. The Kier molecular flexibility index (Phi) is 5.21. The second-order valence-electron chi connectivity index (χ2n) is 3.84. The number of carbonyl (C=O) groups excluding carboxylic acids is 1. The van der Waals surface area contributed by atoms with E-state index in [1.165, 1.54) is 5.56 Å². The van der Waals surface area contributed by atoms with E-state index in [1.807, 2.05) is 24.3 Å². The average molecular weight is 229 g/mol. The summed E-state index contributed by atoms with van der Waals surface area (Å²) >= 11 is 0. The van der Waals surface area contributed by atoms with Crippen LogP contribution in [0.5, 0.6) is 0 Å². The second-order valence-corrected chi connectivity index (χ2v) is 3.84. The SMILES string of the molecule is C=CCN(CC=C)C(=O)c1ccc(CC)cc1. The number of aryl methyl sites for hydroxylation is 1. The summed E-state index contributed by atoms with van der Waals surface area (Å²) in [5.41, 5.74) is 1.95. The maximum Gasteiger partial charge on any atom is 0.254 e. The summed E-state index contributed by atoms with van der Waals surface area (Å²) in [5, 5.41) is 0. The highest BCUT2D eigenvalue weighted by Gasteiger charge is 2.12. The number of carbonyl (C=O) groups is 1. The van der Waals surface area contributed by atoms with Gasteiger partial charge in [-0.1, -0.05) is 31.2 Å². The van der Waals surface area contributed by atoms with Gasteiger partial charge in [0.1, 0.15) is 0 Å². The molecule has 1 rings (SSSR count). The fourth-order valence-corrected chi connectivity index (χ4v) is 1.62. The highest BCUT2D eigenvalue weighted by molar-refractivity contribution is 5.94. The number of benzene rings is 1. The van der Waals surface area contributed by atoms with Gasteiger partial charge in [-0.25, -0.2) is 0 Å². The van der Waals surface area contributed by atoms with E-state index < -0.39 is 0 Å². The maximum atomic E-state index is 12.2. The minimum absolute atomic E-state index is 0.0208. The lowest BCUT2D eigenvalue weighted by atomic mass is 10.1. The van der Waals surface area contributed by atoms with Gasteiger partial charge in [-0.15, -0.1) is 13.2 Å². The highest BCUT2D eigenvalue weighted by Crippen LogP contribution is 2.08. The number of amides is 1. The van der Waals surface area contributed by atoms with Crippen LogP contribution in [0.1, 0.15) is 22.8 Å². The molecule has 1 aromatic carbocycles. The third-order valence-corrected chi connectivity index (χ3v) is 2.60. The molecule has 0 aromatic heterocycles. The smallest absolute Gasteiger partial charge is 0.254 e. The Morgan fingerprint density at radius 3 is 2.12 bits per heavy atom. The molecule has 0 unspecified atom stereocenters. The minimum atomic E-state index is 0.0208. The van der Waals surface area contributed by atoms with Gasteiger partial charge in [-0.2, -0.15) is 0 Å². The zero-order valence-electron chi connectivity index (χ0n) is 10.4. The van der Waals surface area contributed by atoms with Crippen molar-refractivity contribution >= 4 is 5.91 Å². The Morgan fingerprint density at radius 1 is 1.18 bits per heavy atom. The number of nitrogens with zero attached hydrogens (tertiary/aromatic N) is 1. The Balaban J connectivity index is 2.84. The average Bonchev–Trinajstić information content (AvgIpc) is 2.38. The molecule has 0 atom stereocenters. The molecule has 0 fully saturated rings. The Labute approximate surface area is 103 Å². The number of hydrogen-bond donors (Lipinski definition) is 0. The van der Waals surface area contributed by atoms with Crippen LogP contribution in [0.3, 0.4) is 0 Å². The van der Waals surface area contributed by atoms with Gasteiger partial charge in [0.15, 0.2) is 0 Å². The Hall–Kier alpha value is -1.83. The topological polar surface area (TPSA) is 20.3 Å². The van der Waals surface area contributed by atoms with Gasteiger partial charge in [-0.3, -0.25) is 4.79 Å². The summed E-state index contributed by atoms with van der Waals surface area (Å²) < 4.78 is 0. The zero-order chi connectivity index (χ0) is 12.7. The van der Waals surface area contributed by atoms with Crippen LogP contribution in [0.25, 0.3) is 0 Å². The van der Waals surface area contributed by atoms with Gasteiger partial charge in [0.25, 0.3) is 5.91 Å². The Morgan fingerprint density at radius 2 is 1.71 bits per heavy atom. The third-order valence-electron chi connectivity index (χ3n) is 2.60. The van der Waals surface area contributed by atoms with Gasteiger partial charge in [0.2, 0.25) is 0 Å². The van der Waals surface area contributed by atoms with E-state index >= 15 is 0 Å². The first-order valence-electron chi connectivity index (χ1n) is 5.83. The predicted octanol–water partition coefficient (Wildman–Crippen LogP) is 3.06. The normalized spacial score (nSPS) is 9.71. The third kappa shape index (κ3) is 3.59. The molecular formula is C15H19NO. The minimum Gasteiger partial charge on any atom is -0.331 e. The van der Waals surface area contributed by atoms with Crippen molar-refractivity contribution in [2.45, 2.75) is 13.3 Å². The van der Waals surface area contributed by atoms with Crippen LogP contribution in [-0.2, 0) is 6.42 Å². The molecule has 17 heavy (non-hydrogen) atoms. The van der Waals surface area contributed by atoms with Gasteiger partial charge in [0.05, 0.1) is 0 Å². The van der Waals surface area contributed by atoms with Crippen molar-refractivity contribution in [3.05, 3.63) is 60.7 Å². The largest absolute Gasteiger partial charge is 0.331 e. The molecule has 2 nitrogen and oxygen atoms in total. The molecule has 0 heterocycles. The molecule has 0 aliphatic heterocycles. The molecule has 0 aliphatic rings. The molecular weight excluding hydrogens is 210 g/mol. The molecule has 1 aromatic rings. The molecule has 0 N–H and O–H groups in total. The van der Waals surface area contributed by atoms with Crippen LogP contribution in [-0.4, -0.2) is 23.9 Å². The van der Waals surface area contributed by atoms with Crippen molar-refractivity contribution in [2.75, 3.05) is 13.1 Å². The first kappa shape index (κ1) is 13.2. The quantitative estimate of drug-likeness (QED) is 0.686. The van der Waals surface area contributed by atoms with Gasteiger partial charge >= 0.3 is 0 Å². The second kappa shape index (κ2) is 6.69. The van der Waals surface area contributed by atoms with Crippen molar-refractivity contribution in [3.63, 3.8) is 0 Å². The van der Waals surface area contributed by atoms with Gasteiger partial charge in [0, 0.05) is 18.7 Å². The van der Waals surface area contributed by atoms with E-state index in [9.17, 15) is 4.79 Å². The Bertz CT molecular complexity index is 382. The molecule has 0 aliphatic carbocycles. The monoisotopic (exact) mass is 229 g/mol. The maximum absolute atomic E-state index is 12.2. The summed E-state index contributed by atoms with van der Waals surface area (Å²) in [6, 6.07) is 7.74. The standard InChI is InChI=1S/C15H19NO/c1-4-11-16(12-5-2)15(17)14-9-7-13(6-3)8-10-14/h4-5,7-10H,1-2,6,11-12H2,3H3. The lowest BCUT2D eigenvalue weighted by Gasteiger charge is -2.19. The fourth-order valence-electron chi connectivity index (χ4n) is 1.62. The van der Waals surface area contributed by atoms with Crippen LogP contribution >= 0.6 is 0 Å². The van der Waals surface area contributed by atoms with Crippen LogP contribution in [0.2, 0.25) is 0 Å². The number of hydrogen-bond acceptors (Lipinski definition) is 1. The van der Waals surface area contributed by atoms with Crippen molar-refractivity contribution < 1.29 is 4.79 Å². The lowest BCUT2D eigenvalue weighted by molar-refractivity contribution is 0.0791. The van der Waals surface area contributed by atoms with Crippen molar-refractivity contribution in [2.24, 2.45) is 0 Å². The van der Waals surface area contributed by atoms with E-state index in [2.05, 4.69) is 20.1 Å².